The molecule has 36 heavy (non-hydrogen) atoms. The molecule has 2 aromatic rings. The fourth-order valence-electron chi connectivity index (χ4n) is 4.04. The number of rotatable bonds is 13. The summed E-state index contributed by atoms with van der Waals surface area (Å²) in [5, 5.41) is 20.7. The maximum absolute atomic E-state index is 13.4. The average Bonchev–Trinajstić information content (AvgIpc) is 3.64. The van der Waals surface area contributed by atoms with E-state index in [1.54, 1.807) is 13.1 Å². The fraction of sp³-hybridized carbons (Fsp3) is 0.565. The molecule has 3 heterocycles. The van der Waals surface area contributed by atoms with Crippen molar-refractivity contribution in [1.29, 1.82) is 0 Å². The van der Waals surface area contributed by atoms with E-state index in [0.29, 0.717) is 24.2 Å². The Hall–Kier alpha value is -3.74. The number of aliphatic carboxylic acids is 1. The van der Waals surface area contributed by atoms with Crippen molar-refractivity contribution in [3.8, 4) is 0 Å². The van der Waals surface area contributed by atoms with Crippen LogP contribution < -0.4 is 21.3 Å². The predicted molar refractivity (Wildman–Crippen MR) is 128 cm³/mol. The number of hydrogen-bond acceptors (Lipinski definition) is 7. The summed E-state index contributed by atoms with van der Waals surface area (Å²) in [5.74, 6) is -3.00. The third kappa shape index (κ3) is 7.38. The number of nitrogens with zero attached hydrogens (tertiary/aromatic N) is 2. The van der Waals surface area contributed by atoms with Gasteiger partial charge in [-0.1, -0.05) is 20.3 Å². The summed E-state index contributed by atoms with van der Waals surface area (Å²) in [6, 6.07) is -3.59. The summed E-state index contributed by atoms with van der Waals surface area (Å²) in [4.78, 5) is 64.8. The number of imidazole rings is 2. The molecule has 196 valence electrons. The minimum Gasteiger partial charge on any atom is -0.480 e. The molecule has 1 saturated heterocycles. The number of carbonyl (C=O) groups excluding carboxylic acids is 3. The summed E-state index contributed by atoms with van der Waals surface area (Å²) >= 11 is 0. The van der Waals surface area contributed by atoms with E-state index in [1.165, 1.54) is 18.9 Å². The first-order chi connectivity index (χ1) is 17.3. The SMILES string of the molecule is CCC(C)C(NC(=O)C(Cc1cnc[nH]1)NC(=O)C(Cc1cnc[nH]1)NC(=O)C1CCCN1)C(=O)O. The van der Waals surface area contributed by atoms with Gasteiger partial charge in [0.2, 0.25) is 17.7 Å². The van der Waals surface area contributed by atoms with E-state index in [1.807, 2.05) is 6.92 Å². The molecule has 13 nitrogen and oxygen atoms in total. The fourth-order valence-corrected chi connectivity index (χ4v) is 4.04. The van der Waals surface area contributed by atoms with Crippen LogP contribution in [0.15, 0.2) is 25.0 Å². The number of H-pyrrole nitrogens is 2. The van der Waals surface area contributed by atoms with Crippen LogP contribution in [-0.2, 0) is 32.0 Å². The summed E-state index contributed by atoms with van der Waals surface area (Å²) in [5.41, 5.74) is 1.21. The first-order valence-electron chi connectivity index (χ1n) is 12.1. The van der Waals surface area contributed by atoms with E-state index in [4.69, 9.17) is 0 Å². The topological polar surface area (TPSA) is 194 Å². The molecular weight excluding hydrogens is 468 g/mol. The van der Waals surface area contributed by atoms with Crippen molar-refractivity contribution in [3.63, 3.8) is 0 Å². The predicted octanol–water partition coefficient (Wildman–Crippen LogP) is -0.745. The Bertz CT molecular complexity index is 1000. The van der Waals surface area contributed by atoms with Gasteiger partial charge in [0.15, 0.2) is 0 Å². The van der Waals surface area contributed by atoms with Crippen LogP contribution in [0.25, 0.3) is 0 Å². The van der Waals surface area contributed by atoms with Crippen LogP contribution >= 0.6 is 0 Å². The molecule has 0 bridgehead atoms. The van der Waals surface area contributed by atoms with E-state index >= 15 is 0 Å². The Morgan fingerprint density at radius 1 is 1.00 bits per heavy atom. The van der Waals surface area contributed by atoms with Crippen molar-refractivity contribution in [3.05, 3.63) is 36.4 Å². The Morgan fingerprint density at radius 3 is 2.06 bits per heavy atom. The molecule has 13 heteroatoms. The Labute approximate surface area is 208 Å². The standard InChI is InChI=1S/C23H34N8O5/c1-3-13(2)19(23(35)36)31-22(34)18(8-15-10-25-12-28-15)30-21(33)17(7-14-9-24-11-27-14)29-20(32)16-5-4-6-26-16/h9-13,16-19,26H,3-8H2,1-2H3,(H,24,27)(H,25,28)(H,29,32)(H,30,33)(H,31,34)(H,35,36). The van der Waals surface area contributed by atoms with Gasteiger partial charge in [0.25, 0.3) is 0 Å². The highest BCUT2D eigenvalue weighted by molar-refractivity contribution is 5.94. The van der Waals surface area contributed by atoms with E-state index in [2.05, 4.69) is 41.2 Å². The van der Waals surface area contributed by atoms with Crippen molar-refractivity contribution in [2.45, 2.75) is 70.1 Å². The number of aromatic nitrogens is 4. The average molecular weight is 503 g/mol. The smallest absolute Gasteiger partial charge is 0.326 e. The molecule has 0 aromatic carbocycles. The molecule has 0 spiro atoms. The van der Waals surface area contributed by atoms with Gasteiger partial charge >= 0.3 is 5.97 Å². The second-order valence-corrected chi connectivity index (χ2v) is 9.04. The lowest BCUT2D eigenvalue weighted by molar-refractivity contribution is -0.143. The van der Waals surface area contributed by atoms with E-state index in [0.717, 1.165) is 13.0 Å². The second kappa shape index (κ2) is 12.8. The Morgan fingerprint density at radius 2 is 1.58 bits per heavy atom. The number of hydrogen-bond donors (Lipinski definition) is 7. The molecule has 3 rings (SSSR count). The van der Waals surface area contributed by atoms with Gasteiger partial charge in [-0.3, -0.25) is 14.4 Å². The van der Waals surface area contributed by atoms with Gasteiger partial charge in [-0.15, -0.1) is 0 Å². The Kier molecular flexibility index (Phi) is 9.56. The number of nitrogens with one attached hydrogen (secondary N) is 6. The minimum absolute atomic E-state index is 0.0549. The highest BCUT2D eigenvalue weighted by Crippen LogP contribution is 2.10. The van der Waals surface area contributed by atoms with Gasteiger partial charge < -0.3 is 36.3 Å². The molecule has 1 aliphatic rings. The lowest BCUT2D eigenvalue weighted by atomic mass is 9.98. The monoisotopic (exact) mass is 502 g/mol. The zero-order valence-corrected chi connectivity index (χ0v) is 20.4. The molecule has 5 unspecified atom stereocenters. The molecule has 1 fully saturated rings. The highest BCUT2D eigenvalue weighted by Gasteiger charge is 2.33. The number of carboxylic acid groups (broad SMARTS) is 1. The van der Waals surface area contributed by atoms with Gasteiger partial charge in [-0.2, -0.15) is 0 Å². The largest absolute Gasteiger partial charge is 0.480 e. The van der Waals surface area contributed by atoms with Crippen LogP contribution in [0.5, 0.6) is 0 Å². The van der Waals surface area contributed by atoms with Crippen LogP contribution in [-0.4, -0.2) is 79.4 Å². The van der Waals surface area contributed by atoms with Crippen molar-refractivity contribution in [2.24, 2.45) is 5.92 Å². The van der Waals surface area contributed by atoms with Crippen LogP contribution in [0.1, 0.15) is 44.5 Å². The van der Waals surface area contributed by atoms with Crippen molar-refractivity contribution in [1.82, 2.24) is 41.2 Å². The minimum atomic E-state index is -1.15. The second-order valence-electron chi connectivity index (χ2n) is 9.04. The highest BCUT2D eigenvalue weighted by atomic mass is 16.4. The van der Waals surface area contributed by atoms with Gasteiger partial charge in [0, 0.05) is 36.6 Å². The first-order valence-corrected chi connectivity index (χ1v) is 12.1. The normalized spacial score (nSPS) is 18.6. The molecule has 2 aromatic heterocycles. The maximum Gasteiger partial charge on any atom is 0.326 e. The number of carbonyl (C=O) groups is 4. The first kappa shape index (κ1) is 26.9. The Balaban J connectivity index is 1.77. The van der Waals surface area contributed by atoms with Crippen molar-refractivity contribution >= 4 is 23.7 Å². The summed E-state index contributed by atoms with van der Waals surface area (Å²) in [6.45, 7) is 4.29. The number of aromatic amines is 2. The molecule has 1 aliphatic heterocycles. The molecule has 0 aliphatic carbocycles. The van der Waals surface area contributed by atoms with Crippen molar-refractivity contribution in [2.75, 3.05) is 6.54 Å². The van der Waals surface area contributed by atoms with E-state index in [9.17, 15) is 24.3 Å². The summed E-state index contributed by atoms with van der Waals surface area (Å²) in [7, 11) is 0. The molecular formula is C23H34N8O5. The van der Waals surface area contributed by atoms with Crippen LogP contribution in [0.4, 0.5) is 0 Å². The molecule has 0 saturated carbocycles. The third-order valence-corrected chi connectivity index (χ3v) is 6.38. The zero-order valence-electron chi connectivity index (χ0n) is 20.4. The van der Waals surface area contributed by atoms with Crippen LogP contribution in [0, 0.1) is 5.92 Å². The zero-order chi connectivity index (χ0) is 26.1. The molecule has 5 atom stereocenters. The van der Waals surface area contributed by atoms with Gasteiger partial charge in [0.05, 0.1) is 18.7 Å². The van der Waals surface area contributed by atoms with Crippen LogP contribution in [0.3, 0.4) is 0 Å². The van der Waals surface area contributed by atoms with Gasteiger partial charge in [0.1, 0.15) is 18.1 Å². The number of carboxylic acids is 1. The lowest BCUT2D eigenvalue weighted by Crippen LogP contribution is -2.58. The molecule has 3 amide bonds. The van der Waals surface area contributed by atoms with E-state index < -0.39 is 42.0 Å². The molecule has 0 radical (unpaired) electrons. The summed E-state index contributed by atoms with van der Waals surface area (Å²) < 4.78 is 0. The maximum atomic E-state index is 13.4. The lowest BCUT2D eigenvalue weighted by Gasteiger charge is -2.26. The van der Waals surface area contributed by atoms with E-state index in [-0.39, 0.29) is 24.7 Å². The molecule has 7 N–H and O–H groups in total. The van der Waals surface area contributed by atoms with Gasteiger partial charge in [-0.25, -0.2) is 14.8 Å². The third-order valence-electron chi connectivity index (χ3n) is 6.38. The van der Waals surface area contributed by atoms with Crippen molar-refractivity contribution < 1.29 is 24.3 Å². The number of amides is 3. The summed E-state index contributed by atoms with van der Waals surface area (Å²) in [6.07, 6.45) is 8.25. The quantitative estimate of drug-likeness (QED) is 0.186. The van der Waals surface area contributed by atoms with Gasteiger partial charge in [-0.05, 0) is 25.3 Å². The van der Waals surface area contributed by atoms with Crippen LogP contribution in [0.2, 0.25) is 0 Å².